The minimum absolute atomic E-state index is 0.0831. The molecule has 0 bridgehead atoms. The van der Waals surface area contributed by atoms with Crippen LogP contribution in [0, 0.1) is 0 Å². The molecule has 0 spiro atoms. The predicted molar refractivity (Wildman–Crippen MR) is 95.8 cm³/mol. The van der Waals surface area contributed by atoms with E-state index in [2.05, 4.69) is 4.40 Å². The molecule has 1 atom stereocenters. The molecule has 0 saturated carbocycles. The number of sulfonamides is 1. The Morgan fingerprint density at radius 3 is 2.36 bits per heavy atom. The van der Waals surface area contributed by atoms with Crippen molar-refractivity contribution in [2.45, 2.75) is 24.3 Å². The number of hydrogen-bond acceptors (Lipinski definition) is 4. The summed E-state index contributed by atoms with van der Waals surface area (Å²) in [5, 5.41) is 0. The summed E-state index contributed by atoms with van der Waals surface area (Å²) in [6.45, 7) is 2.91. The fourth-order valence-electron chi connectivity index (χ4n) is 2.74. The first-order chi connectivity index (χ1) is 11.8. The van der Waals surface area contributed by atoms with Gasteiger partial charge in [-0.3, -0.25) is 4.79 Å². The number of ether oxygens (including phenoxy) is 1. The van der Waals surface area contributed by atoms with Crippen LogP contribution in [0.1, 0.15) is 25.0 Å². The number of carbonyl (C=O) groups excluding carboxylic acids is 1. The van der Waals surface area contributed by atoms with E-state index in [0.717, 1.165) is 5.56 Å². The van der Waals surface area contributed by atoms with Crippen molar-refractivity contribution in [2.75, 3.05) is 0 Å². The van der Waals surface area contributed by atoms with Crippen LogP contribution in [-0.2, 0) is 19.6 Å². The first-order valence-electron chi connectivity index (χ1n) is 7.70. The molecule has 3 rings (SSSR count). The van der Waals surface area contributed by atoms with Gasteiger partial charge in [0.2, 0.25) is 0 Å². The molecule has 1 aliphatic rings. The number of nitrogens with zero attached hydrogens (tertiary/aromatic N) is 1. The van der Waals surface area contributed by atoms with Gasteiger partial charge in [-0.25, -0.2) is 0 Å². The summed E-state index contributed by atoms with van der Waals surface area (Å²) >= 11 is 0. The molecule has 0 aromatic heterocycles. The number of benzene rings is 2. The van der Waals surface area contributed by atoms with Crippen LogP contribution in [-0.4, -0.2) is 25.7 Å². The molecular formula is C19H17NO4S. The third kappa shape index (κ3) is 3.39. The standard InChI is InChI=1S/C19H17NO4S/c1-14(21)24-19(2)13-12-15-8-6-7-11-17(15)18(19)20-25(22,23)16-9-4-3-5-10-16/h3-13H,1-2H3. The average Bonchev–Trinajstić information content (AvgIpc) is 2.58. The van der Waals surface area contributed by atoms with Crippen LogP contribution < -0.4 is 0 Å². The van der Waals surface area contributed by atoms with Gasteiger partial charge in [-0.2, -0.15) is 12.8 Å². The third-order valence-corrected chi connectivity index (χ3v) is 5.17. The van der Waals surface area contributed by atoms with Crippen LogP contribution in [0.25, 0.3) is 6.08 Å². The van der Waals surface area contributed by atoms with Crippen molar-refractivity contribution in [3.63, 3.8) is 0 Å². The van der Waals surface area contributed by atoms with Crippen molar-refractivity contribution in [3.8, 4) is 0 Å². The number of carbonyl (C=O) groups is 1. The highest BCUT2D eigenvalue weighted by atomic mass is 32.2. The molecule has 1 unspecified atom stereocenters. The fourth-order valence-corrected chi connectivity index (χ4v) is 3.87. The summed E-state index contributed by atoms with van der Waals surface area (Å²) in [6, 6.07) is 15.2. The highest BCUT2D eigenvalue weighted by Crippen LogP contribution is 2.31. The zero-order valence-corrected chi connectivity index (χ0v) is 14.7. The summed E-state index contributed by atoms with van der Waals surface area (Å²) in [5.74, 6) is -0.517. The maximum absolute atomic E-state index is 12.7. The third-order valence-electron chi connectivity index (χ3n) is 3.88. The van der Waals surface area contributed by atoms with E-state index in [1.54, 1.807) is 49.4 Å². The number of esters is 1. The van der Waals surface area contributed by atoms with Gasteiger partial charge in [-0.05, 0) is 30.7 Å². The first kappa shape index (κ1) is 17.1. The highest BCUT2D eigenvalue weighted by Gasteiger charge is 2.37. The molecule has 0 amide bonds. The lowest BCUT2D eigenvalue weighted by atomic mass is 9.85. The van der Waals surface area contributed by atoms with Gasteiger partial charge >= 0.3 is 5.97 Å². The van der Waals surface area contributed by atoms with E-state index in [-0.39, 0.29) is 10.6 Å². The largest absolute Gasteiger partial charge is 0.449 e. The van der Waals surface area contributed by atoms with Crippen molar-refractivity contribution in [3.05, 3.63) is 71.8 Å². The van der Waals surface area contributed by atoms with E-state index in [9.17, 15) is 13.2 Å². The Morgan fingerprint density at radius 2 is 1.68 bits per heavy atom. The predicted octanol–water partition coefficient (Wildman–Crippen LogP) is 3.21. The van der Waals surface area contributed by atoms with E-state index in [1.807, 2.05) is 12.1 Å². The smallest absolute Gasteiger partial charge is 0.303 e. The summed E-state index contributed by atoms with van der Waals surface area (Å²) in [4.78, 5) is 11.6. The number of hydrogen-bond donors (Lipinski definition) is 0. The topological polar surface area (TPSA) is 72.8 Å². The Kier molecular flexibility index (Phi) is 4.30. The fraction of sp³-hybridized carbons (Fsp3) is 0.158. The molecule has 0 radical (unpaired) electrons. The van der Waals surface area contributed by atoms with Crippen LogP contribution >= 0.6 is 0 Å². The molecule has 0 saturated heterocycles. The van der Waals surface area contributed by atoms with Crippen molar-refractivity contribution < 1.29 is 17.9 Å². The van der Waals surface area contributed by atoms with E-state index >= 15 is 0 Å². The van der Waals surface area contributed by atoms with Crippen LogP contribution in [0.4, 0.5) is 0 Å². The molecule has 128 valence electrons. The average molecular weight is 355 g/mol. The molecule has 2 aromatic rings. The molecule has 6 heteroatoms. The second kappa shape index (κ2) is 6.29. The Hall–Kier alpha value is -2.73. The summed E-state index contributed by atoms with van der Waals surface area (Å²) < 4.78 is 34.9. The van der Waals surface area contributed by atoms with Crippen LogP contribution in [0.5, 0.6) is 0 Å². The van der Waals surface area contributed by atoms with Gasteiger partial charge in [0.25, 0.3) is 10.0 Å². The zero-order valence-electron chi connectivity index (χ0n) is 13.8. The summed E-state index contributed by atoms with van der Waals surface area (Å²) in [6.07, 6.45) is 3.45. The van der Waals surface area contributed by atoms with Gasteiger partial charge in [0, 0.05) is 12.5 Å². The zero-order chi connectivity index (χ0) is 18.1. The quantitative estimate of drug-likeness (QED) is 0.793. The van der Waals surface area contributed by atoms with Gasteiger partial charge in [-0.15, -0.1) is 0 Å². The minimum Gasteiger partial charge on any atom is -0.449 e. The molecule has 25 heavy (non-hydrogen) atoms. The van der Waals surface area contributed by atoms with Crippen molar-refractivity contribution in [1.29, 1.82) is 0 Å². The number of fused-ring (bicyclic) bond motifs is 1. The molecule has 0 fully saturated rings. The summed E-state index contributed by atoms with van der Waals surface area (Å²) in [5.41, 5.74) is 0.356. The molecule has 2 aromatic carbocycles. The molecule has 1 aliphatic carbocycles. The van der Waals surface area contributed by atoms with E-state index in [1.165, 1.54) is 19.1 Å². The Bertz CT molecular complexity index is 977. The first-order valence-corrected chi connectivity index (χ1v) is 9.14. The normalized spacial score (nSPS) is 21.0. The maximum Gasteiger partial charge on any atom is 0.303 e. The van der Waals surface area contributed by atoms with Crippen LogP contribution in [0.3, 0.4) is 0 Å². The van der Waals surface area contributed by atoms with Crippen molar-refractivity contribution in [1.82, 2.24) is 0 Å². The SMILES string of the molecule is CC(=O)OC1(C)C=Cc2ccccc2C1=NS(=O)(=O)c1ccccc1. The van der Waals surface area contributed by atoms with Crippen LogP contribution in [0.2, 0.25) is 0 Å². The lowest BCUT2D eigenvalue weighted by Gasteiger charge is -2.31. The molecule has 0 heterocycles. The van der Waals surface area contributed by atoms with Crippen LogP contribution in [0.15, 0.2) is 70.0 Å². The monoisotopic (exact) mass is 355 g/mol. The minimum atomic E-state index is -3.95. The molecule has 5 nitrogen and oxygen atoms in total. The second-order valence-electron chi connectivity index (χ2n) is 5.85. The van der Waals surface area contributed by atoms with Crippen molar-refractivity contribution >= 4 is 27.8 Å². The molecular weight excluding hydrogens is 338 g/mol. The van der Waals surface area contributed by atoms with Crippen molar-refractivity contribution in [2.24, 2.45) is 4.40 Å². The molecule has 0 aliphatic heterocycles. The van der Waals surface area contributed by atoms with E-state index < -0.39 is 21.6 Å². The second-order valence-corrected chi connectivity index (χ2v) is 7.45. The highest BCUT2D eigenvalue weighted by molar-refractivity contribution is 7.90. The Balaban J connectivity index is 2.21. The summed E-state index contributed by atoms with van der Waals surface area (Å²) in [7, 11) is -3.95. The lowest BCUT2D eigenvalue weighted by molar-refractivity contribution is -0.146. The molecule has 0 N–H and O–H groups in total. The van der Waals surface area contributed by atoms with Gasteiger partial charge < -0.3 is 4.74 Å². The van der Waals surface area contributed by atoms with E-state index in [4.69, 9.17) is 4.74 Å². The van der Waals surface area contributed by atoms with Gasteiger partial charge in [0.1, 0.15) is 5.71 Å². The Labute approximate surface area is 146 Å². The number of rotatable bonds is 3. The van der Waals surface area contributed by atoms with Gasteiger partial charge in [0.15, 0.2) is 5.60 Å². The Morgan fingerprint density at radius 1 is 1.04 bits per heavy atom. The lowest BCUT2D eigenvalue weighted by Crippen LogP contribution is -2.41. The van der Waals surface area contributed by atoms with Gasteiger partial charge in [0.05, 0.1) is 4.90 Å². The van der Waals surface area contributed by atoms with Gasteiger partial charge in [-0.1, -0.05) is 48.5 Å². The maximum atomic E-state index is 12.7. The van der Waals surface area contributed by atoms with E-state index in [0.29, 0.717) is 5.56 Å².